The van der Waals surface area contributed by atoms with Crippen LogP contribution in [-0.2, 0) is 0 Å². The van der Waals surface area contributed by atoms with Gasteiger partial charge >= 0.3 is 0 Å². The highest BCUT2D eigenvalue weighted by atomic mass is 19.1. The summed E-state index contributed by atoms with van der Waals surface area (Å²) in [5, 5.41) is 30.5. The molecule has 0 saturated carbocycles. The summed E-state index contributed by atoms with van der Waals surface area (Å²) >= 11 is 0. The molecule has 2 N–H and O–H groups in total. The molecule has 1 aromatic carbocycles. The number of hydrogen-bond donors (Lipinski definition) is 2. The van der Waals surface area contributed by atoms with E-state index in [1.54, 1.807) is 11.0 Å². The van der Waals surface area contributed by atoms with Crippen LogP contribution in [0.2, 0.25) is 0 Å². The first kappa shape index (κ1) is 21.8. The number of anilines is 2. The van der Waals surface area contributed by atoms with E-state index in [0.29, 0.717) is 11.5 Å². The molecule has 0 amide bonds. The minimum absolute atomic E-state index is 0.110. The zero-order chi connectivity index (χ0) is 24.0. The number of ether oxygens (including phenoxy) is 1. The smallest absolute Gasteiger partial charge is 0.251 e. The largest absolute Gasteiger partial charge is 0.504 e. The van der Waals surface area contributed by atoms with E-state index >= 15 is 0 Å². The maximum absolute atomic E-state index is 14.7. The van der Waals surface area contributed by atoms with Crippen LogP contribution in [0, 0.1) is 29.9 Å². The lowest BCUT2D eigenvalue weighted by atomic mass is 9.94. The molecule has 11 heteroatoms. The van der Waals surface area contributed by atoms with Gasteiger partial charge in [0, 0.05) is 30.3 Å². The molecule has 2 aromatic heterocycles. The highest BCUT2D eigenvalue weighted by molar-refractivity contribution is 5.77. The Labute approximate surface area is 192 Å². The second-order valence-electron chi connectivity index (χ2n) is 8.39. The Bertz CT molecular complexity index is 1330. The number of hydrogen-bond acceptors (Lipinski definition) is 8. The number of phenolic OH excluding ortho intramolecular Hbond substituents is 1. The van der Waals surface area contributed by atoms with E-state index < -0.39 is 35.7 Å². The summed E-state index contributed by atoms with van der Waals surface area (Å²) in [5.74, 6) is -1.93. The third-order valence-corrected chi connectivity index (χ3v) is 6.36. The van der Waals surface area contributed by atoms with Crippen molar-refractivity contribution in [3.63, 3.8) is 0 Å². The molecule has 2 aliphatic heterocycles. The first-order chi connectivity index (χ1) is 16.4. The number of alkyl halides is 1. The fourth-order valence-corrected chi connectivity index (χ4v) is 4.49. The molecule has 5 rings (SSSR count). The van der Waals surface area contributed by atoms with Crippen LogP contribution in [0.25, 0.3) is 11.3 Å². The van der Waals surface area contributed by atoms with Crippen LogP contribution in [0.3, 0.4) is 0 Å². The minimum atomic E-state index is -0.986. The molecular formula is C23H19F3N6O2. The Morgan fingerprint density at radius 2 is 2.18 bits per heavy atom. The van der Waals surface area contributed by atoms with Gasteiger partial charge in [0.1, 0.15) is 18.8 Å². The predicted molar refractivity (Wildman–Crippen MR) is 116 cm³/mol. The van der Waals surface area contributed by atoms with Crippen molar-refractivity contribution in [2.75, 3.05) is 30.0 Å². The number of benzene rings is 1. The van der Waals surface area contributed by atoms with Gasteiger partial charge < -0.3 is 20.1 Å². The second kappa shape index (κ2) is 8.06. The van der Waals surface area contributed by atoms with Gasteiger partial charge in [-0.3, -0.25) is 0 Å². The van der Waals surface area contributed by atoms with E-state index in [2.05, 4.69) is 20.5 Å². The Kier molecular flexibility index (Phi) is 5.16. The zero-order valence-electron chi connectivity index (χ0n) is 18.0. The number of fused-ring (bicyclic) bond motifs is 3. The molecule has 8 nitrogen and oxygen atoms in total. The number of halogens is 3. The van der Waals surface area contributed by atoms with Gasteiger partial charge in [-0.15, -0.1) is 10.2 Å². The molecule has 3 aromatic rings. The molecule has 0 radical (unpaired) electrons. The predicted octanol–water partition coefficient (Wildman–Crippen LogP) is 3.49. The number of nitrogens with one attached hydrogen (secondary N) is 1. The number of pyridine rings is 1. The summed E-state index contributed by atoms with van der Waals surface area (Å²) in [6.07, 6.45) is 0.876. The van der Waals surface area contributed by atoms with E-state index in [1.807, 2.05) is 6.07 Å². The molecule has 0 bridgehead atoms. The van der Waals surface area contributed by atoms with Gasteiger partial charge in [0.05, 0.1) is 29.0 Å². The van der Waals surface area contributed by atoms with E-state index in [-0.39, 0.29) is 47.8 Å². The van der Waals surface area contributed by atoms with Crippen molar-refractivity contribution in [3.8, 4) is 29.0 Å². The maximum Gasteiger partial charge on any atom is 0.251 e. The third-order valence-electron chi connectivity index (χ3n) is 6.36. The van der Waals surface area contributed by atoms with Crippen molar-refractivity contribution < 1.29 is 23.0 Å². The lowest BCUT2D eigenvalue weighted by molar-refractivity contribution is 0.186. The molecule has 4 heterocycles. The average Bonchev–Trinajstić information content (AvgIpc) is 3.23. The Morgan fingerprint density at radius 3 is 2.94 bits per heavy atom. The number of nitrogens with zero attached hydrogens (tertiary/aromatic N) is 5. The summed E-state index contributed by atoms with van der Waals surface area (Å²) < 4.78 is 48.8. The standard InChI is InChI=1S/C23H19F3N6O2/c1-12-13(7-27)8-28-22(19(12)26)34-14-6-23(10-24)11-29-21-18(32(23)9-14)5-17(30-31-21)15-3-2-4-16(25)20(15)33/h2-5,8,14,33H,6,9-11H2,1H3,(H,29,31)/t14-,23+/m1/s1. The van der Waals surface area contributed by atoms with Crippen LogP contribution in [-0.4, -0.2) is 51.7 Å². The molecule has 0 aliphatic carbocycles. The summed E-state index contributed by atoms with van der Waals surface area (Å²) in [5.41, 5.74) is 0.127. The molecule has 174 valence electrons. The molecule has 1 fully saturated rings. The monoisotopic (exact) mass is 468 g/mol. The fourth-order valence-electron chi connectivity index (χ4n) is 4.49. The molecule has 1 saturated heterocycles. The highest BCUT2D eigenvalue weighted by Gasteiger charge is 2.50. The highest BCUT2D eigenvalue weighted by Crippen LogP contribution is 2.44. The number of aromatic nitrogens is 3. The van der Waals surface area contributed by atoms with Gasteiger partial charge in [-0.2, -0.15) is 5.26 Å². The van der Waals surface area contributed by atoms with Crippen LogP contribution in [0.5, 0.6) is 11.6 Å². The van der Waals surface area contributed by atoms with Gasteiger partial charge in [0.15, 0.2) is 23.2 Å². The Morgan fingerprint density at radius 1 is 1.35 bits per heavy atom. The van der Waals surface area contributed by atoms with Gasteiger partial charge in [-0.25, -0.2) is 18.2 Å². The van der Waals surface area contributed by atoms with Gasteiger partial charge in [-0.05, 0) is 25.1 Å². The van der Waals surface area contributed by atoms with Crippen LogP contribution in [0.15, 0.2) is 30.5 Å². The Hall–Kier alpha value is -4.07. The van der Waals surface area contributed by atoms with Crippen molar-refractivity contribution in [1.82, 2.24) is 15.2 Å². The van der Waals surface area contributed by atoms with E-state index in [9.17, 15) is 18.3 Å². The number of rotatable bonds is 4. The van der Waals surface area contributed by atoms with E-state index in [1.165, 1.54) is 25.3 Å². The Balaban J connectivity index is 1.49. The average molecular weight is 468 g/mol. The number of para-hydroxylation sites is 1. The van der Waals surface area contributed by atoms with Crippen LogP contribution in [0.1, 0.15) is 17.5 Å². The van der Waals surface area contributed by atoms with Crippen molar-refractivity contribution >= 4 is 11.5 Å². The summed E-state index contributed by atoms with van der Waals surface area (Å²) in [6.45, 7) is 1.17. The maximum atomic E-state index is 14.7. The zero-order valence-corrected chi connectivity index (χ0v) is 18.0. The number of phenols is 1. The van der Waals surface area contributed by atoms with Crippen LogP contribution < -0.4 is 15.0 Å². The lowest BCUT2D eigenvalue weighted by Gasteiger charge is -2.42. The number of nitriles is 1. The summed E-state index contributed by atoms with van der Waals surface area (Å²) in [6, 6.07) is 7.54. The first-order valence-corrected chi connectivity index (χ1v) is 10.5. The SMILES string of the molecule is Cc1c(C#N)cnc(O[C@H]2CN3c4cc(-c5cccc(F)c5O)nnc4NC[C@@]3(CF)C2)c1F. The van der Waals surface area contributed by atoms with Gasteiger partial charge in [0.25, 0.3) is 5.88 Å². The lowest BCUT2D eigenvalue weighted by Crippen LogP contribution is -2.54. The van der Waals surface area contributed by atoms with E-state index in [4.69, 9.17) is 10.00 Å². The van der Waals surface area contributed by atoms with Gasteiger partial charge in [0.2, 0.25) is 0 Å². The molecule has 34 heavy (non-hydrogen) atoms. The normalized spacial score (nSPS) is 20.8. The van der Waals surface area contributed by atoms with Crippen molar-refractivity contribution in [1.29, 1.82) is 5.26 Å². The second-order valence-corrected chi connectivity index (χ2v) is 8.39. The van der Waals surface area contributed by atoms with E-state index in [0.717, 1.165) is 6.07 Å². The van der Waals surface area contributed by atoms with Crippen molar-refractivity contribution in [2.24, 2.45) is 0 Å². The summed E-state index contributed by atoms with van der Waals surface area (Å²) in [4.78, 5) is 5.71. The van der Waals surface area contributed by atoms with Gasteiger partial charge in [-0.1, -0.05) is 6.07 Å². The molecule has 2 atom stereocenters. The minimum Gasteiger partial charge on any atom is -0.504 e. The third kappa shape index (κ3) is 3.34. The molecule has 0 spiro atoms. The molecule has 2 aliphatic rings. The van der Waals surface area contributed by atoms with Crippen LogP contribution >= 0.6 is 0 Å². The summed E-state index contributed by atoms with van der Waals surface area (Å²) in [7, 11) is 0. The van der Waals surface area contributed by atoms with Crippen molar-refractivity contribution in [2.45, 2.75) is 25.0 Å². The topological polar surface area (TPSA) is 107 Å². The fraction of sp³-hybridized carbons (Fsp3) is 0.304. The van der Waals surface area contributed by atoms with Crippen LogP contribution in [0.4, 0.5) is 24.7 Å². The first-order valence-electron chi connectivity index (χ1n) is 10.5. The molecule has 0 unspecified atom stereocenters. The quantitative estimate of drug-likeness (QED) is 0.599. The van der Waals surface area contributed by atoms with Crippen molar-refractivity contribution in [3.05, 3.63) is 53.2 Å². The number of aromatic hydroxyl groups is 1. The molecular weight excluding hydrogens is 449 g/mol.